The number of rotatable bonds is 9. The fourth-order valence-corrected chi connectivity index (χ4v) is 8.45. The van der Waals surface area contributed by atoms with Crippen LogP contribution in [0.5, 0.6) is 0 Å². The lowest BCUT2D eigenvalue weighted by atomic mass is 9.95. The Morgan fingerprint density at radius 2 is 1.08 bits per heavy atom. The Morgan fingerprint density at radius 3 is 1.77 bits per heavy atom. The Balaban J connectivity index is 1.08. The molecule has 0 atom stereocenters. The SMILES string of the molecule is C=Nc1c(/C=C\C)cc(-c2cc(-c3ccccc3)nc(-c3ccc(-c4nc(-c5cc(-c6ccccc6)cc(-c6ccccc6)c5)nc5c4oc4ccccc45)cc3)n2)c2cccnc12. The van der Waals surface area contributed by atoms with Gasteiger partial charge in [-0.05, 0) is 84.4 Å². The van der Waals surface area contributed by atoms with Crippen molar-refractivity contribution < 1.29 is 4.42 Å². The Bertz CT molecular complexity index is 3510. The minimum absolute atomic E-state index is 0.585. The number of nitrogens with zero attached hydrogens (tertiary/aromatic N) is 6. The van der Waals surface area contributed by atoms with E-state index in [0.29, 0.717) is 22.9 Å². The second-order valence-corrected chi connectivity index (χ2v) is 15.5. The predicted octanol–water partition coefficient (Wildman–Crippen LogP) is 14.7. The highest BCUT2D eigenvalue weighted by Crippen LogP contribution is 2.40. The summed E-state index contributed by atoms with van der Waals surface area (Å²) in [6, 6.07) is 62.0. The molecule has 302 valence electrons. The molecular formula is C57H38N6O. The number of para-hydroxylation sites is 1. The van der Waals surface area contributed by atoms with Gasteiger partial charge in [0.2, 0.25) is 0 Å². The fraction of sp³-hybridized carbons (Fsp3) is 0.0175. The molecule has 7 aromatic carbocycles. The van der Waals surface area contributed by atoms with Gasteiger partial charge in [-0.1, -0.05) is 146 Å². The van der Waals surface area contributed by atoms with Gasteiger partial charge in [0.05, 0.1) is 22.6 Å². The van der Waals surface area contributed by atoms with Gasteiger partial charge in [-0.2, -0.15) is 0 Å². The Hall–Kier alpha value is -8.68. The van der Waals surface area contributed by atoms with Gasteiger partial charge in [0, 0.05) is 50.4 Å². The van der Waals surface area contributed by atoms with Gasteiger partial charge in [0.15, 0.2) is 17.2 Å². The van der Waals surface area contributed by atoms with Crippen molar-refractivity contribution >= 4 is 51.5 Å². The number of hydrogen-bond donors (Lipinski definition) is 0. The normalized spacial score (nSPS) is 11.5. The highest BCUT2D eigenvalue weighted by atomic mass is 16.3. The molecule has 0 saturated carbocycles. The van der Waals surface area contributed by atoms with E-state index in [2.05, 4.69) is 133 Å². The van der Waals surface area contributed by atoms with Crippen LogP contribution in [-0.2, 0) is 0 Å². The van der Waals surface area contributed by atoms with Crippen LogP contribution in [0.1, 0.15) is 12.5 Å². The maximum Gasteiger partial charge on any atom is 0.180 e. The maximum absolute atomic E-state index is 6.57. The van der Waals surface area contributed by atoms with E-state index in [1.54, 1.807) is 6.20 Å². The fourth-order valence-electron chi connectivity index (χ4n) is 8.45. The van der Waals surface area contributed by atoms with Crippen LogP contribution in [0.25, 0.3) is 118 Å². The topological polar surface area (TPSA) is 90.0 Å². The van der Waals surface area contributed by atoms with Gasteiger partial charge in [0.1, 0.15) is 16.8 Å². The summed E-state index contributed by atoms with van der Waals surface area (Å²) in [4.78, 5) is 30.1. The van der Waals surface area contributed by atoms with Crippen molar-refractivity contribution in [1.29, 1.82) is 0 Å². The molecular weight excluding hydrogens is 785 g/mol. The van der Waals surface area contributed by atoms with Crippen LogP contribution in [-0.4, -0.2) is 31.6 Å². The third-order valence-corrected chi connectivity index (χ3v) is 11.5. The second-order valence-electron chi connectivity index (χ2n) is 15.5. The van der Waals surface area contributed by atoms with Gasteiger partial charge >= 0.3 is 0 Å². The van der Waals surface area contributed by atoms with E-state index in [-0.39, 0.29) is 0 Å². The van der Waals surface area contributed by atoms with Crippen molar-refractivity contribution in [2.24, 2.45) is 4.99 Å². The van der Waals surface area contributed by atoms with Gasteiger partial charge in [0.25, 0.3) is 0 Å². The van der Waals surface area contributed by atoms with Crippen molar-refractivity contribution in [3.05, 3.63) is 200 Å². The van der Waals surface area contributed by atoms with Crippen molar-refractivity contribution in [2.75, 3.05) is 0 Å². The molecule has 11 rings (SSSR count). The highest BCUT2D eigenvalue weighted by molar-refractivity contribution is 6.07. The Morgan fingerprint density at radius 1 is 0.484 bits per heavy atom. The van der Waals surface area contributed by atoms with E-state index in [1.807, 2.05) is 79.7 Å². The zero-order chi connectivity index (χ0) is 43.0. The van der Waals surface area contributed by atoms with Crippen LogP contribution in [0.2, 0.25) is 0 Å². The first kappa shape index (κ1) is 38.3. The molecule has 0 amide bonds. The van der Waals surface area contributed by atoms with E-state index in [4.69, 9.17) is 29.3 Å². The molecule has 0 radical (unpaired) electrons. The first-order valence-corrected chi connectivity index (χ1v) is 21.1. The van der Waals surface area contributed by atoms with Gasteiger partial charge in [-0.25, -0.2) is 19.9 Å². The third-order valence-electron chi connectivity index (χ3n) is 11.5. The van der Waals surface area contributed by atoms with Crippen LogP contribution in [0, 0.1) is 0 Å². The molecule has 0 fully saturated rings. The predicted molar refractivity (Wildman–Crippen MR) is 262 cm³/mol. The molecule has 0 aliphatic heterocycles. The first-order valence-electron chi connectivity index (χ1n) is 21.1. The van der Waals surface area contributed by atoms with Crippen molar-refractivity contribution in [2.45, 2.75) is 6.92 Å². The minimum atomic E-state index is 0.585. The molecule has 64 heavy (non-hydrogen) atoms. The monoisotopic (exact) mass is 822 g/mol. The molecule has 0 spiro atoms. The summed E-state index contributed by atoms with van der Waals surface area (Å²) in [5.41, 5.74) is 15.7. The largest absolute Gasteiger partial charge is 0.452 e. The summed E-state index contributed by atoms with van der Waals surface area (Å²) in [7, 11) is 0. The van der Waals surface area contributed by atoms with Gasteiger partial charge in [-0.3, -0.25) is 9.98 Å². The molecule has 0 aliphatic carbocycles. The van der Waals surface area contributed by atoms with Crippen molar-refractivity contribution in [3.63, 3.8) is 0 Å². The average Bonchev–Trinajstić information content (AvgIpc) is 3.75. The van der Waals surface area contributed by atoms with E-state index in [0.717, 1.165) is 100 Å². The lowest BCUT2D eigenvalue weighted by Gasteiger charge is -2.14. The third kappa shape index (κ3) is 7.01. The summed E-state index contributed by atoms with van der Waals surface area (Å²) in [5.74, 6) is 1.19. The molecule has 0 bridgehead atoms. The van der Waals surface area contributed by atoms with Crippen molar-refractivity contribution in [1.82, 2.24) is 24.9 Å². The van der Waals surface area contributed by atoms with Gasteiger partial charge < -0.3 is 4.42 Å². The molecule has 11 aromatic rings. The number of aromatic nitrogens is 5. The van der Waals surface area contributed by atoms with E-state index < -0.39 is 0 Å². The van der Waals surface area contributed by atoms with Crippen LogP contribution in [0.15, 0.2) is 204 Å². The molecule has 0 saturated heterocycles. The Labute approximate surface area is 369 Å². The summed E-state index contributed by atoms with van der Waals surface area (Å²) >= 11 is 0. The number of pyridine rings is 1. The first-order chi connectivity index (χ1) is 31.6. The number of benzene rings is 7. The summed E-state index contributed by atoms with van der Waals surface area (Å²) in [5, 5.41) is 1.86. The van der Waals surface area contributed by atoms with Crippen LogP contribution >= 0.6 is 0 Å². The zero-order valence-electron chi connectivity index (χ0n) is 34.9. The van der Waals surface area contributed by atoms with Gasteiger partial charge in [-0.15, -0.1) is 0 Å². The number of allylic oxidation sites excluding steroid dienone is 1. The smallest absolute Gasteiger partial charge is 0.180 e. The number of fused-ring (bicyclic) bond motifs is 4. The van der Waals surface area contributed by atoms with Crippen LogP contribution in [0.4, 0.5) is 5.69 Å². The lowest BCUT2D eigenvalue weighted by molar-refractivity contribution is 0.667. The molecule has 7 nitrogen and oxygen atoms in total. The van der Waals surface area contributed by atoms with Crippen LogP contribution in [0.3, 0.4) is 0 Å². The van der Waals surface area contributed by atoms with Crippen molar-refractivity contribution in [3.8, 4) is 78.8 Å². The second kappa shape index (κ2) is 16.3. The molecule has 4 heterocycles. The van der Waals surface area contributed by atoms with E-state index >= 15 is 0 Å². The highest BCUT2D eigenvalue weighted by Gasteiger charge is 2.21. The number of furan rings is 1. The van der Waals surface area contributed by atoms with Crippen LogP contribution < -0.4 is 0 Å². The zero-order valence-corrected chi connectivity index (χ0v) is 34.9. The number of hydrogen-bond acceptors (Lipinski definition) is 7. The van der Waals surface area contributed by atoms with E-state index in [9.17, 15) is 0 Å². The maximum atomic E-state index is 6.57. The number of aliphatic imine (C=N–C) groups is 1. The molecule has 0 aliphatic rings. The summed E-state index contributed by atoms with van der Waals surface area (Å²) in [6.45, 7) is 5.86. The Kier molecular flexibility index (Phi) is 9.75. The summed E-state index contributed by atoms with van der Waals surface area (Å²) in [6.07, 6.45) is 5.81. The molecule has 4 aromatic heterocycles. The molecule has 0 unspecified atom stereocenters. The average molecular weight is 823 g/mol. The molecule has 0 N–H and O–H groups in total. The standard InChI is InChI=1S/C57H38N6O/c1-3-16-41-34-47(45-24-15-30-59-53(45)51(41)58-2)49-35-48(38-21-11-6-12-22-38)60-56(61-49)40-28-26-39(27-29-40)52-55-54(46-23-13-14-25-50(46)64-55)63-57(62-52)44-32-42(36-17-7-4-8-18-36)31-43(33-44)37-19-9-5-10-20-37/h3-35H,2H2,1H3/b16-3-. The molecule has 7 heteroatoms. The lowest BCUT2D eigenvalue weighted by Crippen LogP contribution is -1.98. The van der Waals surface area contributed by atoms with E-state index in [1.165, 1.54) is 0 Å². The minimum Gasteiger partial charge on any atom is -0.452 e. The quantitative estimate of drug-likeness (QED) is 0.135. The summed E-state index contributed by atoms with van der Waals surface area (Å²) < 4.78 is 6.57.